The quantitative estimate of drug-likeness (QED) is 0.616. The number of nitrogens with zero attached hydrogens (tertiary/aromatic N) is 1. The fourth-order valence-corrected chi connectivity index (χ4v) is 2.30. The summed E-state index contributed by atoms with van der Waals surface area (Å²) < 4.78 is 4.52. The molecule has 0 saturated carbocycles. The van der Waals surface area contributed by atoms with Crippen LogP contribution in [-0.2, 0) is 15.3 Å². The first-order valence-electron chi connectivity index (χ1n) is 4.07. The Bertz CT molecular complexity index is 301. The Morgan fingerprint density at radius 1 is 1.79 bits per heavy atom. The molecule has 1 aromatic heterocycles. The van der Waals surface area contributed by atoms with Crippen LogP contribution in [0.2, 0.25) is 0 Å². The molecule has 0 aliphatic heterocycles. The molecule has 0 unspecified atom stereocenters. The first-order chi connectivity index (χ1) is 6.72. The van der Waals surface area contributed by atoms with Gasteiger partial charge in [0.1, 0.15) is 0 Å². The van der Waals surface area contributed by atoms with Gasteiger partial charge in [0.05, 0.1) is 19.2 Å². The van der Waals surface area contributed by atoms with Gasteiger partial charge in [0.15, 0.2) is 5.13 Å². The predicted molar refractivity (Wildman–Crippen MR) is 59.3 cm³/mol. The Morgan fingerprint density at radius 2 is 2.57 bits per heavy atom. The molecule has 0 aliphatic carbocycles. The number of nitrogen functional groups attached to an aromatic ring is 1. The number of aromatic nitrogens is 1. The highest BCUT2D eigenvalue weighted by Gasteiger charge is 2.02. The molecule has 1 rings (SSSR count). The van der Waals surface area contributed by atoms with Crippen LogP contribution < -0.4 is 5.73 Å². The molecule has 0 radical (unpaired) electrons. The first kappa shape index (κ1) is 11.3. The summed E-state index contributed by atoms with van der Waals surface area (Å²) in [7, 11) is 1.40. The van der Waals surface area contributed by atoms with Crippen LogP contribution in [0, 0.1) is 0 Å². The maximum atomic E-state index is 10.8. The summed E-state index contributed by atoms with van der Waals surface area (Å²) in [4.78, 5) is 14.9. The number of anilines is 1. The van der Waals surface area contributed by atoms with Crippen LogP contribution in [0.1, 0.15) is 12.1 Å². The second-order valence-corrected chi connectivity index (χ2v) is 4.55. The summed E-state index contributed by atoms with van der Waals surface area (Å²) >= 11 is 3.09. The molecule has 0 atom stereocenters. The number of rotatable bonds is 5. The Labute approximate surface area is 90.9 Å². The van der Waals surface area contributed by atoms with Gasteiger partial charge in [0, 0.05) is 16.9 Å². The van der Waals surface area contributed by atoms with Gasteiger partial charge in [0.2, 0.25) is 0 Å². The van der Waals surface area contributed by atoms with Crippen molar-refractivity contribution in [3.05, 3.63) is 11.1 Å². The van der Waals surface area contributed by atoms with Gasteiger partial charge in [-0.25, -0.2) is 4.98 Å². The van der Waals surface area contributed by atoms with Gasteiger partial charge in [-0.15, -0.1) is 11.3 Å². The van der Waals surface area contributed by atoms with Gasteiger partial charge in [-0.2, -0.15) is 11.8 Å². The zero-order chi connectivity index (χ0) is 10.4. The van der Waals surface area contributed by atoms with Crippen molar-refractivity contribution in [2.45, 2.75) is 12.2 Å². The standard InChI is InChI=1S/C8H12N2O2S2/c1-12-7(11)2-3-13-4-6-5-14-8(9)10-6/h5H,2-4H2,1H3,(H2,9,10). The molecule has 14 heavy (non-hydrogen) atoms. The van der Waals surface area contributed by atoms with E-state index >= 15 is 0 Å². The van der Waals surface area contributed by atoms with Crippen LogP contribution in [0.5, 0.6) is 0 Å². The zero-order valence-corrected chi connectivity index (χ0v) is 9.49. The lowest BCUT2D eigenvalue weighted by Gasteiger charge is -1.98. The van der Waals surface area contributed by atoms with Gasteiger partial charge in [0.25, 0.3) is 0 Å². The second-order valence-electron chi connectivity index (χ2n) is 2.56. The average Bonchev–Trinajstić information content (AvgIpc) is 2.58. The minimum atomic E-state index is -0.171. The average molecular weight is 232 g/mol. The lowest BCUT2D eigenvalue weighted by molar-refractivity contribution is -0.140. The molecule has 2 N–H and O–H groups in total. The van der Waals surface area contributed by atoms with Crippen LogP contribution in [0.15, 0.2) is 5.38 Å². The van der Waals surface area contributed by atoms with E-state index in [2.05, 4.69) is 9.72 Å². The van der Waals surface area contributed by atoms with E-state index in [1.807, 2.05) is 5.38 Å². The van der Waals surface area contributed by atoms with E-state index in [-0.39, 0.29) is 5.97 Å². The van der Waals surface area contributed by atoms with Crippen molar-refractivity contribution in [1.82, 2.24) is 4.98 Å². The van der Waals surface area contributed by atoms with E-state index in [0.29, 0.717) is 11.6 Å². The number of nitrogens with two attached hydrogens (primary N) is 1. The maximum absolute atomic E-state index is 10.8. The number of thiazole rings is 1. The van der Waals surface area contributed by atoms with E-state index in [9.17, 15) is 4.79 Å². The van der Waals surface area contributed by atoms with Crippen molar-refractivity contribution in [1.29, 1.82) is 0 Å². The molecular formula is C8H12N2O2S2. The number of ether oxygens (including phenoxy) is 1. The smallest absolute Gasteiger partial charge is 0.306 e. The predicted octanol–water partition coefficient (Wildman–Crippen LogP) is 1.52. The molecule has 0 bridgehead atoms. The fraction of sp³-hybridized carbons (Fsp3) is 0.500. The number of carbonyl (C=O) groups is 1. The molecule has 0 spiro atoms. The van der Waals surface area contributed by atoms with Crippen molar-refractivity contribution in [3.8, 4) is 0 Å². The monoisotopic (exact) mass is 232 g/mol. The topological polar surface area (TPSA) is 65.2 Å². The molecule has 1 heterocycles. The highest BCUT2D eigenvalue weighted by Crippen LogP contribution is 2.17. The fourth-order valence-electron chi connectivity index (χ4n) is 0.823. The third-order valence-electron chi connectivity index (χ3n) is 1.50. The van der Waals surface area contributed by atoms with Gasteiger partial charge in [-0.3, -0.25) is 4.79 Å². The Kier molecular flexibility index (Phi) is 4.75. The van der Waals surface area contributed by atoms with Crippen molar-refractivity contribution in [2.75, 3.05) is 18.6 Å². The maximum Gasteiger partial charge on any atom is 0.306 e. The molecule has 0 fully saturated rings. The van der Waals surface area contributed by atoms with Gasteiger partial charge < -0.3 is 10.5 Å². The molecular weight excluding hydrogens is 220 g/mol. The Hall–Kier alpha value is -0.750. The number of esters is 1. The van der Waals surface area contributed by atoms with Crippen LogP contribution in [0.3, 0.4) is 0 Å². The van der Waals surface area contributed by atoms with Gasteiger partial charge in [-0.1, -0.05) is 0 Å². The molecule has 6 heteroatoms. The van der Waals surface area contributed by atoms with Crippen molar-refractivity contribution in [2.24, 2.45) is 0 Å². The van der Waals surface area contributed by atoms with Crippen LogP contribution in [0.25, 0.3) is 0 Å². The number of hydrogen-bond donors (Lipinski definition) is 1. The molecule has 0 saturated heterocycles. The van der Waals surface area contributed by atoms with E-state index in [1.165, 1.54) is 18.4 Å². The summed E-state index contributed by atoms with van der Waals surface area (Å²) in [5, 5.41) is 2.52. The number of carbonyl (C=O) groups excluding carboxylic acids is 1. The molecule has 0 aromatic carbocycles. The van der Waals surface area contributed by atoms with Crippen LogP contribution in [0.4, 0.5) is 5.13 Å². The van der Waals surface area contributed by atoms with E-state index < -0.39 is 0 Å². The lowest BCUT2D eigenvalue weighted by atomic mass is 10.5. The van der Waals surface area contributed by atoms with Crippen LogP contribution >= 0.6 is 23.1 Å². The number of methoxy groups -OCH3 is 1. The largest absolute Gasteiger partial charge is 0.469 e. The minimum Gasteiger partial charge on any atom is -0.469 e. The number of hydrogen-bond acceptors (Lipinski definition) is 6. The van der Waals surface area contributed by atoms with E-state index in [1.54, 1.807) is 11.8 Å². The summed E-state index contributed by atoms with van der Waals surface area (Å²) in [6.07, 6.45) is 0.445. The van der Waals surface area contributed by atoms with Crippen molar-refractivity contribution < 1.29 is 9.53 Å². The molecule has 0 aliphatic rings. The Morgan fingerprint density at radius 3 is 3.14 bits per heavy atom. The summed E-state index contributed by atoms with van der Waals surface area (Å²) in [5.41, 5.74) is 6.45. The summed E-state index contributed by atoms with van der Waals surface area (Å²) in [6, 6.07) is 0. The molecule has 78 valence electrons. The first-order valence-corrected chi connectivity index (χ1v) is 6.10. The molecule has 1 aromatic rings. The van der Waals surface area contributed by atoms with Crippen molar-refractivity contribution in [3.63, 3.8) is 0 Å². The zero-order valence-electron chi connectivity index (χ0n) is 7.86. The second kappa shape index (κ2) is 5.87. The lowest BCUT2D eigenvalue weighted by Crippen LogP contribution is -2.01. The third-order valence-corrected chi connectivity index (χ3v) is 3.21. The van der Waals surface area contributed by atoms with E-state index in [0.717, 1.165) is 17.2 Å². The minimum absolute atomic E-state index is 0.171. The highest BCUT2D eigenvalue weighted by molar-refractivity contribution is 7.98. The van der Waals surface area contributed by atoms with Gasteiger partial charge >= 0.3 is 5.97 Å². The Balaban J connectivity index is 2.13. The summed E-state index contributed by atoms with van der Waals surface area (Å²) in [5.74, 6) is 1.38. The van der Waals surface area contributed by atoms with E-state index in [4.69, 9.17) is 5.73 Å². The third kappa shape index (κ3) is 3.97. The number of thioether (sulfide) groups is 1. The molecule has 0 amide bonds. The summed E-state index contributed by atoms with van der Waals surface area (Å²) in [6.45, 7) is 0. The normalized spacial score (nSPS) is 10.1. The van der Waals surface area contributed by atoms with Crippen molar-refractivity contribution >= 4 is 34.2 Å². The SMILES string of the molecule is COC(=O)CCSCc1csc(N)n1. The highest BCUT2D eigenvalue weighted by atomic mass is 32.2. The molecule has 4 nitrogen and oxygen atoms in total. The van der Waals surface area contributed by atoms with Gasteiger partial charge in [-0.05, 0) is 0 Å². The van der Waals surface area contributed by atoms with Crippen LogP contribution in [-0.4, -0.2) is 23.8 Å².